The van der Waals surface area contributed by atoms with Crippen LogP contribution in [0.3, 0.4) is 0 Å². The van der Waals surface area contributed by atoms with E-state index in [4.69, 9.17) is 4.74 Å². The van der Waals surface area contributed by atoms with Gasteiger partial charge in [-0.2, -0.15) is 5.10 Å². The van der Waals surface area contributed by atoms with E-state index in [1.54, 1.807) is 12.3 Å². The molecule has 2 aromatic rings. The summed E-state index contributed by atoms with van der Waals surface area (Å²) in [5.74, 6) is 0.563. The molecule has 0 aliphatic carbocycles. The number of nitrogens with one attached hydrogen (secondary N) is 1. The molecule has 0 saturated heterocycles. The second-order valence-electron chi connectivity index (χ2n) is 5.25. The molecule has 0 aromatic heterocycles. The van der Waals surface area contributed by atoms with Crippen LogP contribution >= 0.6 is 0 Å². The lowest BCUT2D eigenvalue weighted by Gasteiger charge is -2.09. The lowest BCUT2D eigenvalue weighted by atomic mass is 10.1. The minimum atomic E-state index is -0.219. The number of carbonyl (C=O) groups excluding carboxylic acids is 1. The fourth-order valence-corrected chi connectivity index (χ4v) is 1.99. The van der Waals surface area contributed by atoms with E-state index in [1.165, 1.54) is 0 Å². The number of amides is 1. The molecule has 1 amide bonds. The van der Waals surface area contributed by atoms with Crippen LogP contribution in [0.1, 0.15) is 35.3 Å². The van der Waals surface area contributed by atoms with Crippen molar-refractivity contribution in [2.75, 3.05) is 0 Å². The van der Waals surface area contributed by atoms with Crippen LogP contribution in [-0.2, 0) is 0 Å². The van der Waals surface area contributed by atoms with Crippen molar-refractivity contribution in [3.05, 3.63) is 65.2 Å². The second-order valence-corrected chi connectivity index (χ2v) is 5.25. The molecule has 4 nitrogen and oxygen atoms in total. The fraction of sp³-hybridized carbons (Fsp3) is 0.222. The third kappa shape index (κ3) is 4.45. The Morgan fingerprint density at radius 3 is 2.68 bits per heavy atom. The van der Waals surface area contributed by atoms with E-state index in [0.29, 0.717) is 5.56 Å². The second kappa shape index (κ2) is 7.41. The molecule has 22 heavy (non-hydrogen) atoms. The SMILES string of the molecule is Cc1ccccc1C(=O)N/N=C/c1cccc(OC(C)C)c1. The van der Waals surface area contributed by atoms with Gasteiger partial charge in [0.1, 0.15) is 5.75 Å². The summed E-state index contributed by atoms with van der Waals surface area (Å²) in [6.45, 7) is 5.84. The topological polar surface area (TPSA) is 50.7 Å². The Bertz CT molecular complexity index is 678. The highest BCUT2D eigenvalue weighted by atomic mass is 16.5. The number of nitrogens with zero attached hydrogens (tertiary/aromatic N) is 1. The van der Waals surface area contributed by atoms with Gasteiger partial charge in [0, 0.05) is 5.56 Å². The summed E-state index contributed by atoms with van der Waals surface area (Å²) in [6, 6.07) is 15.0. The van der Waals surface area contributed by atoms with Gasteiger partial charge in [0.25, 0.3) is 5.91 Å². The van der Waals surface area contributed by atoms with E-state index in [1.807, 2.05) is 63.2 Å². The van der Waals surface area contributed by atoms with Crippen molar-refractivity contribution < 1.29 is 9.53 Å². The van der Waals surface area contributed by atoms with Gasteiger partial charge in [-0.1, -0.05) is 30.3 Å². The highest BCUT2D eigenvalue weighted by Crippen LogP contribution is 2.13. The van der Waals surface area contributed by atoms with Gasteiger partial charge >= 0.3 is 0 Å². The van der Waals surface area contributed by atoms with Crippen molar-refractivity contribution in [1.29, 1.82) is 0 Å². The van der Waals surface area contributed by atoms with Crippen LogP contribution < -0.4 is 10.2 Å². The zero-order valence-corrected chi connectivity index (χ0v) is 13.0. The molecule has 4 heteroatoms. The Hall–Kier alpha value is -2.62. The maximum Gasteiger partial charge on any atom is 0.271 e. The van der Waals surface area contributed by atoms with E-state index >= 15 is 0 Å². The largest absolute Gasteiger partial charge is 0.491 e. The Morgan fingerprint density at radius 2 is 1.95 bits per heavy atom. The lowest BCUT2D eigenvalue weighted by molar-refractivity contribution is 0.0954. The summed E-state index contributed by atoms with van der Waals surface area (Å²) in [4.78, 5) is 12.0. The number of hydrogen-bond acceptors (Lipinski definition) is 3. The van der Waals surface area contributed by atoms with Crippen molar-refractivity contribution in [1.82, 2.24) is 5.43 Å². The van der Waals surface area contributed by atoms with Crippen LogP contribution in [0.25, 0.3) is 0 Å². The van der Waals surface area contributed by atoms with Crippen LogP contribution in [0.15, 0.2) is 53.6 Å². The van der Waals surface area contributed by atoms with Gasteiger partial charge in [-0.15, -0.1) is 0 Å². The standard InChI is InChI=1S/C18H20N2O2/c1-13(2)22-16-9-6-8-15(11-16)12-19-20-18(21)17-10-5-4-7-14(17)3/h4-13H,1-3H3,(H,20,21)/b19-12+. The molecule has 0 atom stereocenters. The van der Waals surface area contributed by atoms with Gasteiger partial charge in [-0.25, -0.2) is 5.43 Å². The molecular weight excluding hydrogens is 276 g/mol. The molecule has 0 unspecified atom stereocenters. The number of hydrogen-bond donors (Lipinski definition) is 1. The first-order valence-corrected chi connectivity index (χ1v) is 7.22. The van der Waals surface area contributed by atoms with Crippen LogP contribution in [-0.4, -0.2) is 18.2 Å². The van der Waals surface area contributed by atoms with Crippen molar-refractivity contribution in [3.63, 3.8) is 0 Å². The van der Waals surface area contributed by atoms with Crippen LogP contribution in [0.4, 0.5) is 0 Å². The summed E-state index contributed by atoms with van der Waals surface area (Å²) in [6.07, 6.45) is 1.72. The summed E-state index contributed by atoms with van der Waals surface area (Å²) in [5.41, 5.74) is 4.94. The van der Waals surface area contributed by atoms with Gasteiger partial charge in [0.05, 0.1) is 12.3 Å². The summed E-state index contributed by atoms with van der Waals surface area (Å²) < 4.78 is 5.62. The Balaban J connectivity index is 2.01. The molecule has 114 valence electrons. The number of rotatable bonds is 5. The van der Waals surface area contributed by atoms with E-state index in [9.17, 15) is 4.79 Å². The van der Waals surface area contributed by atoms with Crippen molar-refractivity contribution >= 4 is 12.1 Å². The van der Waals surface area contributed by atoms with Crippen LogP contribution in [0.2, 0.25) is 0 Å². The predicted molar refractivity (Wildman–Crippen MR) is 88.4 cm³/mol. The van der Waals surface area contributed by atoms with E-state index in [2.05, 4.69) is 10.5 Å². The Labute approximate surface area is 130 Å². The molecule has 2 rings (SSSR count). The molecule has 0 fully saturated rings. The number of carbonyl (C=O) groups is 1. The van der Waals surface area contributed by atoms with E-state index < -0.39 is 0 Å². The van der Waals surface area contributed by atoms with Gasteiger partial charge in [0.15, 0.2) is 0 Å². The highest BCUT2D eigenvalue weighted by Gasteiger charge is 2.06. The maximum absolute atomic E-state index is 12.0. The highest BCUT2D eigenvalue weighted by molar-refractivity contribution is 5.96. The monoisotopic (exact) mass is 296 g/mol. The zero-order chi connectivity index (χ0) is 15.9. The molecule has 0 saturated carbocycles. The molecule has 0 heterocycles. The normalized spacial score (nSPS) is 10.9. The average Bonchev–Trinajstić information content (AvgIpc) is 2.47. The fourth-order valence-electron chi connectivity index (χ4n) is 1.99. The molecule has 0 bridgehead atoms. The maximum atomic E-state index is 12.0. The third-order valence-electron chi connectivity index (χ3n) is 3.00. The first-order chi connectivity index (χ1) is 10.6. The van der Waals surface area contributed by atoms with Gasteiger partial charge in [0.2, 0.25) is 0 Å². The lowest BCUT2D eigenvalue weighted by Crippen LogP contribution is -2.18. The third-order valence-corrected chi connectivity index (χ3v) is 3.00. The number of hydrazone groups is 1. The molecule has 0 spiro atoms. The summed E-state index contributed by atoms with van der Waals surface area (Å²) in [5, 5.41) is 4.00. The predicted octanol–water partition coefficient (Wildman–Crippen LogP) is 3.55. The molecule has 0 aliphatic rings. The van der Waals surface area contributed by atoms with Crippen molar-refractivity contribution in [3.8, 4) is 5.75 Å². The minimum Gasteiger partial charge on any atom is -0.491 e. The molecule has 0 aliphatic heterocycles. The van der Waals surface area contributed by atoms with Gasteiger partial charge in [-0.3, -0.25) is 4.79 Å². The molecular formula is C18H20N2O2. The van der Waals surface area contributed by atoms with Crippen molar-refractivity contribution in [2.24, 2.45) is 5.10 Å². The smallest absolute Gasteiger partial charge is 0.271 e. The molecule has 0 radical (unpaired) electrons. The van der Waals surface area contributed by atoms with E-state index in [-0.39, 0.29) is 12.0 Å². The molecule has 1 N–H and O–H groups in total. The van der Waals surface area contributed by atoms with Gasteiger partial charge < -0.3 is 4.74 Å². The number of ether oxygens (including phenoxy) is 1. The quantitative estimate of drug-likeness (QED) is 0.677. The zero-order valence-electron chi connectivity index (χ0n) is 13.0. The van der Waals surface area contributed by atoms with E-state index in [0.717, 1.165) is 16.9 Å². The van der Waals surface area contributed by atoms with Crippen LogP contribution in [0.5, 0.6) is 5.75 Å². The number of benzene rings is 2. The summed E-state index contributed by atoms with van der Waals surface area (Å²) in [7, 11) is 0. The summed E-state index contributed by atoms with van der Waals surface area (Å²) >= 11 is 0. The van der Waals surface area contributed by atoms with Gasteiger partial charge in [-0.05, 0) is 50.1 Å². The number of aryl methyl sites for hydroxylation is 1. The Kier molecular flexibility index (Phi) is 5.31. The first kappa shape index (κ1) is 15.8. The first-order valence-electron chi connectivity index (χ1n) is 7.22. The van der Waals surface area contributed by atoms with Crippen LogP contribution in [0, 0.1) is 6.92 Å². The average molecular weight is 296 g/mol. The molecule has 2 aromatic carbocycles. The Morgan fingerprint density at radius 1 is 1.18 bits per heavy atom. The van der Waals surface area contributed by atoms with Crippen molar-refractivity contribution in [2.45, 2.75) is 26.9 Å². The minimum absolute atomic E-state index is 0.118.